The summed E-state index contributed by atoms with van der Waals surface area (Å²) in [6.45, 7) is 0. The molecule has 0 amide bonds. The Morgan fingerprint density at radius 3 is 2.80 bits per heavy atom. The lowest BCUT2D eigenvalue weighted by molar-refractivity contribution is 0.0590. The standard InChI is InChI=1S/C11H10ClNO2/c1-13-9(11(14)15-2)6-7-4-3-5-8(12)10(7)13/h3-6H,1-2H3. The number of aryl methyl sites for hydroxylation is 1. The van der Waals surface area contributed by atoms with Gasteiger partial charge in [-0.05, 0) is 12.1 Å². The fourth-order valence-corrected chi connectivity index (χ4v) is 1.98. The van der Waals surface area contributed by atoms with E-state index in [2.05, 4.69) is 4.74 Å². The first-order chi connectivity index (χ1) is 7.15. The second kappa shape index (κ2) is 3.59. The number of halogens is 1. The Hall–Kier alpha value is -1.48. The summed E-state index contributed by atoms with van der Waals surface area (Å²) < 4.78 is 6.42. The van der Waals surface area contributed by atoms with Crippen molar-refractivity contribution < 1.29 is 9.53 Å². The Labute approximate surface area is 92.2 Å². The van der Waals surface area contributed by atoms with Gasteiger partial charge in [0.2, 0.25) is 0 Å². The number of carbonyl (C=O) groups excluding carboxylic acids is 1. The molecule has 0 aliphatic rings. The highest BCUT2D eigenvalue weighted by Crippen LogP contribution is 2.26. The van der Waals surface area contributed by atoms with Crippen molar-refractivity contribution in [2.24, 2.45) is 7.05 Å². The Bertz CT molecular complexity index is 531. The third-order valence-electron chi connectivity index (χ3n) is 2.40. The van der Waals surface area contributed by atoms with E-state index < -0.39 is 0 Å². The molecule has 0 saturated heterocycles. The van der Waals surface area contributed by atoms with Crippen molar-refractivity contribution in [3.63, 3.8) is 0 Å². The van der Waals surface area contributed by atoms with E-state index in [1.54, 1.807) is 23.7 Å². The molecule has 3 nitrogen and oxygen atoms in total. The molecule has 2 aromatic rings. The predicted octanol–water partition coefficient (Wildman–Crippen LogP) is 2.62. The van der Waals surface area contributed by atoms with Crippen molar-refractivity contribution in [1.82, 2.24) is 4.57 Å². The normalized spacial score (nSPS) is 10.6. The number of rotatable bonds is 1. The van der Waals surface area contributed by atoms with E-state index in [1.165, 1.54) is 7.11 Å². The topological polar surface area (TPSA) is 31.2 Å². The van der Waals surface area contributed by atoms with E-state index in [-0.39, 0.29) is 5.97 Å². The number of hydrogen-bond acceptors (Lipinski definition) is 2. The molecular weight excluding hydrogens is 214 g/mol. The molecule has 2 rings (SSSR count). The number of aromatic nitrogens is 1. The first kappa shape index (κ1) is 10.1. The SMILES string of the molecule is COC(=O)c1cc2cccc(Cl)c2n1C. The van der Waals surface area contributed by atoms with Crippen molar-refractivity contribution in [3.05, 3.63) is 35.0 Å². The smallest absolute Gasteiger partial charge is 0.354 e. The zero-order valence-corrected chi connectivity index (χ0v) is 9.21. The lowest BCUT2D eigenvalue weighted by atomic mass is 10.2. The molecule has 78 valence electrons. The van der Waals surface area contributed by atoms with Crippen molar-refractivity contribution in [2.45, 2.75) is 0 Å². The van der Waals surface area contributed by atoms with Crippen molar-refractivity contribution in [1.29, 1.82) is 0 Å². The fourth-order valence-electron chi connectivity index (χ4n) is 1.67. The molecule has 1 aromatic carbocycles. The summed E-state index contributed by atoms with van der Waals surface area (Å²) in [6.07, 6.45) is 0. The van der Waals surface area contributed by atoms with E-state index in [1.807, 2.05) is 12.1 Å². The lowest BCUT2D eigenvalue weighted by Gasteiger charge is -2.02. The molecule has 0 bridgehead atoms. The Morgan fingerprint density at radius 1 is 1.47 bits per heavy atom. The van der Waals surface area contributed by atoms with E-state index >= 15 is 0 Å². The molecule has 0 fully saturated rings. The van der Waals surface area contributed by atoms with Crippen LogP contribution in [0.15, 0.2) is 24.3 Å². The molecule has 1 heterocycles. The van der Waals surface area contributed by atoms with Crippen LogP contribution in [-0.4, -0.2) is 17.6 Å². The van der Waals surface area contributed by atoms with Crippen LogP contribution in [0.2, 0.25) is 5.02 Å². The van der Waals surface area contributed by atoms with Crippen LogP contribution in [0.3, 0.4) is 0 Å². The van der Waals surface area contributed by atoms with Gasteiger partial charge in [0.1, 0.15) is 5.69 Å². The van der Waals surface area contributed by atoms with Gasteiger partial charge < -0.3 is 9.30 Å². The first-order valence-electron chi connectivity index (χ1n) is 4.47. The summed E-state index contributed by atoms with van der Waals surface area (Å²) in [5.41, 5.74) is 1.35. The Morgan fingerprint density at radius 2 is 2.20 bits per heavy atom. The minimum absolute atomic E-state index is 0.357. The summed E-state index contributed by atoms with van der Waals surface area (Å²) in [4.78, 5) is 11.4. The lowest BCUT2D eigenvalue weighted by Crippen LogP contribution is -2.07. The van der Waals surface area contributed by atoms with Crippen LogP contribution in [0.1, 0.15) is 10.5 Å². The summed E-state index contributed by atoms with van der Waals surface area (Å²) in [5.74, 6) is -0.357. The third-order valence-corrected chi connectivity index (χ3v) is 2.71. The quantitative estimate of drug-likeness (QED) is 0.696. The number of nitrogens with zero attached hydrogens (tertiary/aromatic N) is 1. The maximum Gasteiger partial charge on any atom is 0.354 e. The first-order valence-corrected chi connectivity index (χ1v) is 4.85. The minimum Gasteiger partial charge on any atom is -0.464 e. The zero-order valence-electron chi connectivity index (χ0n) is 8.45. The van der Waals surface area contributed by atoms with Gasteiger partial charge in [0.25, 0.3) is 0 Å². The van der Waals surface area contributed by atoms with Gasteiger partial charge in [0.05, 0.1) is 17.6 Å². The molecule has 0 unspecified atom stereocenters. The van der Waals surface area contributed by atoms with E-state index in [0.717, 1.165) is 10.9 Å². The number of esters is 1. The summed E-state index contributed by atoms with van der Waals surface area (Å²) in [7, 11) is 3.15. The molecule has 15 heavy (non-hydrogen) atoms. The van der Waals surface area contributed by atoms with Crippen LogP contribution >= 0.6 is 11.6 Å². The van der Waals surface area contributed by atoms with E-state index in [9.17, 15) is 4.79 Å². The Balaban J connectivity index is 2.75. The number of para-hydroxylation sites is 1. The molecule has 0 radical (unpaired) electrons. The number of ether oxygens (including phenoxy) is 1. The molecule has 0 spiro atoms. The highest BCUT2D eigenvalue weighted by Gasteiger charge is 2.14. The minimum atomic E-state index is -0.357. The zero-order chi connectivity index (χ0) is 11.0. The van der Waals surface area contributed by atoms with Crippen LogP contribution in [0.25, 0.3) is 10.9 Å². The summed E-state index contributed by atoms with van der Waals surface area (Å²) in [6, 6.07) is 7.33. The van der Waals surface area contributed by atoms with E-state index in [4.69, 9.17) is 11.6 Å². The van der Waals surface area contributed by atoms with Gasteiger partial charge in [-0.2, -0.15) is 0 Å². The summed E-state index contributed by atoms with van der Waals surface area (Å²) >= 11 is 6.05. The molecule has 0 aliphatic carbocycles. The molecule has 4 heteroatoms. The van der Waals surface area contributed by atoms with Gasteiger partial charge in [-0.25, -0.2) is 4.79 Å². The number of benzene rings is 1. The van der Waals surface area contributed by atoms with Gasteiger partial charge in [-0.1, -0.05) is 23.7 Å². The average molecular weight is 224 g/mol. The maximum absolute atomic E-state index is 11.4. The van der Waals surface area contributed by atoms with Crippen LogP contribution in [-0.2, 0) is 11.8 Å². The number of fused-ring (bicyclic) bond motifs is 1. The third kappa shape index (κ3) is 1.49. The number of hydrogen-bond donors (Lipinski definition) is 0. The fraction of sp³-hybridized carbons (Fsp3) is 0.182. The highest BCUT2D eigenvalue weighted by atomic mass is 35.5. The highest BCUT2D eigenvalue weighted by molar-refractivity contribution is 6.35. The average Bonchev–Trinajstić information content (AvgIpc) is 2.56. The van der Waals surface area contributed by atoms with Gasteiger partial charge >= 0.3 is 5.97 Å². The predicted molar refractivity (Wildman–Crippen MR) is 59.3 cm³/mol. The van der Waals surface area contributed by atoms with Crippen LogP contribution < -0.4 is 0 Å². The van der Waals surface area contributed by atoms with Gasteiger partial charge in [0, 0.05) is 12.4 Å². The summed E-state index contributed by atoms with van der Waals surface area (Å²) in [5, 5.41) is 1.57. The molecule has 0 N–H and O–H groups in total. The molecule has 1 aromatic heterocycles. The second-order valence-corrected chi connectivity index (χ2v) is 3.67. The van der Waals surface area contributed by atoms with Crippen molar-refractivity contribution in [3.8, 4) is 0 Å². The van der Waals surface area contributed by atoms with Crippen LogP contribution in [0.4, 0.5) is 0 Å². The molecule has 0 atom stereocenters. The number of carbonyl (C=O) groups is 1. The van der Waals surface area contributed by atoms with Gasteiger partial charge in [-0.3, -0.25) is 0 Å². The second-order valence-electron chi connectivity index (χ2n) is 3.26. The van der Waals surface area contributed by atoms with Crippen molar-refractivity contribution >= 4 is 28.5 Å². The molecule has 0 saturated carbocycles. The van der Waals surface area contributed by atoms with Gasteiger partial charge in [-0.15, -0.1) is 0 Å². The van der Waals surface area contributed by atoms with Gasteiger partial charge in [0.15, 0.2) is 0 Å². The van der Waals surface area contributed by atoms with Crippen molar-refractivity contribution in [2.75, 3.05) is 7.11 Å². The number of methoxy groups -OCH3 is 1. The largest absolute Gasteiger partial charge is 0.464 e. The monoisotopic (exact) mass is 223 g/mol. The van der Waals surface area contributed by atoms with Crippen LogP contribution in [0, 0.1) is 0 Å². The maximum atomic E-state index is 11.4. The molecular formula is C11H10ClNO2. The van der Waals surface area contributed by atoms with Crippen LogP contribution in [0.5, 0.6) is 0 Å². The van der Waals surface area contributed by atoms with E-state index in [0.29, 0.717) is 10.7 Å². The molecule has 0 aliphatic heterocycles. The Kier molecular flexibility index (Phi) is 2.40.